The maximum atomic E-state index is 13.0. The van der Waals surface area contributed by atoms with Gasteiger partial charge >= 0.3 is 0 Å². The van der Waals surface area contributed by atoms with Crippen LogP contribution in [0.4, 0.5) is 4.39 Å². The third-order valence-electron chi connectivity index (χ3n) is 1.79. The van der Waals surface area contributed by atoms with Crippen LogP contribution >= 0.6 is 23.2 Å². The molecule has 0 radical (unpaired) electrons. The fourth-order valence-electron chi connectivity index (χ4n) is 1.02. The Bertz CT molecular complexity index is 331. The van der Waals surface area contributed by atoms with Crippen LogP contribution in [0.25, 0.3) is 0 Å². The van der Waals surface area contributed by atoms with E-state index in [0.717, 1.165) is 0 Å². The molecule has 1 aromatic heterocycles. The van der Waals surface area contributed by atoms with Crippen LogP contribution in [0.15, 0.2) is 6.07 Å². The molecule has 0 saturated carbocycles. The van der Waals surface area contributed by atoms with Gasteiger partial charge in [0.15, 0.2) is 11.0 Å². The molecule has 0 bridgehead atoms. The van der Waals surface area contributed by atoms with Gasteiger partial charge in [0.2, 0.25) is 0 Å². The Morgan fingerprint density at radius 1 is 1.50 bits per heavy atom. The van der Waals surface area contributed by atoms with Crippen molar-refractivity contribution in [2.45, 2.75) is 25.9 Å². The molecule has 0 spiro atoms. The molecule has 0 saturated heterocycles. The molecule has 1 atom stereocenters. The molecule has 1 rings (SSSR count). The van der Waals surface area contributed by atoms with Crippen LogP contribution in [0.5, 0.6) is 0 Å². The lowest BCUT2D eigenvalue weighted by Gasteiger charge is -2.06. The molecule has 0 aliphatic rings. The van der Waals surface area contributed by atoms with Gasteiger partial charge in [-0.3, -0.25) is 0 Å². The van der Waals surface area contributed by atoms with E-state index in [2.05, 4.69) is 4.98 Å². The number of hydrogen-bond acceptors (Lipinski definition) is 2. The average molecular weight is 238 g/mol. The van der Waals surface area contributed by atoms with Crippen LogP contribution in [0.1, 0.15) is 18.9 Å². The number of aliphatic hydroxyl groups excluding tert-OH is 1. The van der Waals surface area contributed by atoms with E-state index in [1.165, 1.54) is 6.07 Å². The molecular formula is C9H10Cl2FNO. The second-order valence-electron chi connectivity index (χ2n) is 3.10. The second kappa shape index (κ2) is 4.91. The van der Waals surface area contributed by atoms with Crippen molar-refractivity contribution < 1.29 is 9.50 Å². The van der Waals surface area contributed by atoms with Gasteiger partial charge < -0.3 is 5.11 Å². The standard InChI is InChI=1S/C9H10Cl2FNO/c1-5(14)2-3-6-4-7(12)9(11)13-8(6)10/h4-5,14H,2-3H2,1H3/t5-/m0/s1. The molecule has 0 aliphatic carbocycles. The quantitative estimate of drug-likeness (QED) is 0.821. The first-order chi connectivity index (χ1) is 6.50. The zero-order chi connectivity index (χ0) is 10.7. The van der Waals surface area contributed by atoms with Crippen LogP contribution in [-0.2, 0) is 6.42 Å². The molecule has 1 heterocycles. The first-order valence-electron chi connectivity index (χ1n) is 4.19. The van der Waals surface area contributed by atoms with Gasteiger partial charge in [-0.1, -0.05) is 23.2 Å². The predicted octanol–water partition coefficient (Wildman–Crippen LogP) is 2.84. The number of nitrogens with zero attached hydrogens (tertiary/aromatic N) is 1. The molecule has 78 valence electrons. The van der Waals surface area contributed by atoms with Gasteiger partial charge in [0.05, 0.1) is 6.10 Å². The third-order valence-corrected chi connectivity index (χ3v) is 2.38. The van der Waals surface area contributed by atoms with E-state index in [-0.39, 0.29) is 10.3 Å². The summed E-state index contributed by atoms with van der Waals surface area (Å²) < 4.78 is 13.0. The SMILES string of the molecule is C[C@H](O)CCc1cc(F)c(Cl)nc1Cl. The van der Waals surface area contributed by atoms with Crippen LogP contribution in [-0.4, -0.2) is 16.2 Å². The molecular weight excluding hydrogens is 228 g/mol. The van der Waals surface area contributed by atoms with Crippen LogP contribution in [0, 0.1) is 5.82 Å². The Morgan fingerprint density at radius 3 is 2.71 bits per heavy atom. The van der Waals surface area contributed by atoms with Crippen molar-refractivity contribution in [1.29, 1.82) is 0 Å². The van der Waals surface area contributed by atoms with Crippen LogP contribution in [0.2, 0.25) is 10.3 Å². The number of aliphatic hydroxyl groups is 1. The molecule has 1 N–H and O–H groups in total. The van der Waals surface area contributed by atoms with Crippen molar-refractivity contribution in [3.05, 3.63) is 27.8 Å². The van der Waals surface area contributed by atoms with E-state index in [1.807, 2.05) is 0 Å². The summed E-state index contributed by atoms with van der Waals surface area (Å²) in [5.41, 5.74) is 0.564. The highest BCUT2D eigenvalue weighted by Gasteiger charge is 2.09. The normalized spacial score (nSPS) is 12.9. The zero-order valence-corrected chi connectivity index (χ0v) is 9.11. The van der Waals surface area contributed by atoms with Gasteiger partial charge in [0.25, 0.3) is 0 Å². The van der Waals surface area contributed by atoms with E-state index < -0.39 is 11.9 Å². The van der Waals surface area contributed by atoms with Gasteiger partial charge in [-0.25, -0.2) is 9.37 Å². The van der Waals surface area contributed by atoms with E-state index in [9.17, 15) is 4.39 Å². The Kier molecular flexibility index (Phi) is 4.11. The lowest BCUT2D eigenvalue weighted by molar-refractivity contribution is 0.185. The summed E-state index contributed by atoms with van der Waals surface area (Å²) in [6, 6.07) is 1.25. The third kappa shape index (κ3) is 3.08. The smallest absolute Gasteiger partial charge is 0.166 e. The number of halogens is 3. The second-order valence-corrected chi connectivity index (χ2v) is 3.81. The molecule has 0 amide bonds. The summed E-state index contributed by atoms with van der Waals surface area (Å²) in [5.74, 6) is -0.586. The molecule has 0 aliphatic heterocycles. The fourth-order valence-corrected chi connectivity index (χ4v) is 1.44. The number of rotatable bonds is 3. The Balaban J connectivity index is 2.82. The summed E-state index contributed by atoms with van der Waals surface area (Å²) in [7, 11) is 0. The van der Waals surface area contributed by atoms with Crippen molar-refractivity contribution in [3.63, 3.8) is 0 Å². The molecule has 0 unspecified atom stereocenters. The van der Waals surface area contributed by atoms with Gasteiger partial charge in [-0.15, -0.1) is 0 Å². The first kappa shape index (κ1) is 11.7. The highest BCUT2D eigenvalue weighted by atomic mass is 35.5. The highest BCUT2D eigenvalue weighted by molar-refractivity contribution is 6.32. The van der Waals surface area contributed by atoms with Gasteiger partial charge in [-0.2, -0.15) is 0 Å². The number of hydrogen-bond donors (Lipinski definition) is 1. The molecule has 14 heavy (non-hydrogen) atoms. The van der Waals surface area contributed by atoms with E-state index in [1.54, 1.807) is 6.92 Å². The minimum absolute atomic E-state index is 0.192. The topological polar surface area (TPSA) is 33.1 Å². The lowest BCUT2D eigenvalue weighted by atomic mass is 10.1. The average Bonchev–Trinajstić information content (AvgIpc) is 2.09. The van der Waals surface area contributed by atoms with Crippen molar-refractivity contribution >= 4 is 23.2 Å². The van der Waals surface area contributed by atoms with Crippen LogP contribution < -0.4 is 0 Å². The molecule has 5 heteroatoms. The van der Waals surface area contributed by atoms with Crippen LogP contribution in [0.3, 0.4) is 0 Å². The van der Waals surface area contributed by atoms with Crippen molar-refractivity contribution in [2.75, 3.05) is 0 Å². The minimum atomic E-state index is -0.586. The maximum absolute atomic E-state index is 13.0. The maximum Gasteiger partial charge on any atom is 0.166 e. The molecule has 1 aromatic rings. The van der Waals surface area contributed by atoms with Crippen molar-refractivity contribution in [2.24, 2.45) is 0 Å². The van der Waals surface area contributed by atoms with Gasteiger partial charge in [-0.05, 0) is 31.4 Å². The largest absolute Gasteiger partial charge is 0.393 e. The van der Waals surface area contributed by atoms with Gasteiger partial charge in [0.1, 0.15) is 5.15 Å². The fraction of sp³-hybridized carbons (Fsp3) is 0.444. The molecule has 0 fully saturated rings. The first-order valence-corrected chi connectivity index (χ1v) is 4.94. The Morgan fingerprint density at radius 2 is 2.14 bits per heavy atom. The molecule has 0 aromatic carbocycles. The van der Waals surface area contributed by atoms with E-state index >= 15 is 0 Å². The number of aryl methyl sites for hydroxylation is 1. The summed E-state index contributed by atoms with van der Waals surface area (Å²) in [5, 5.41) is 9.01. The van der Waals surface area contributed by atoms with E-state index in [4.69, 9.17) is 28.3 Å². The molecule has 2 nitrogen and oxygen atoms in total. The number of pyridine rings is 1. The monoisotopic (exact) mass is 237 g/mol. The summed E-state index contributed by atoms with van der Waals surface area (Å²) in [6.45, 7) is 1.66. The predicted molar refractivity (Wildman–Crippen MR) is 54.2 cm³/mol. The summed E-state index contributed by atoms with van der Waals surface area (Å²) in [6.07, 6.45) is 0.560. The van der Waals surface area contributed by atoms with Crippen molar-refractivity contribution in [3.8, 4) is 0 Å². The zero-order valence-electron chi connectivity index (χ0n) is 7.60. The van der Waals surface area contributed by atoms with E-state index in [0.29, 0.717) is 18.4 Å². The Hall–Kier alpha value is -0.380. The summed E-state index contributed by atoms with van der Waals surface area (Å²) >= 11 is 11.2. The minimum Gasteiger partial charge on any atom is -0.393 e. The highest BCUT2D eigenvalue weighted by Crippen LogP contribution is 2.21. The number of aromatic nitrogens is 1. The summed E-state index contributed by atoms with van der Waals surface area (Å²) in [4.78, 5) is 3.63. The van der Waals surface area contributed by atoms with Gasteiger partial charge in [0, 0.05) is 0 Å². The van der Waals surface area contributed by atoms with Crippen molar-refractivity contribution in [1.82, 2.24) is 4.98 Å². The lowest BCUT2D eigenvalue weighted by Crippen LogP contribution is -2.02. The Labute approximate surface area is 91.7 Å².